The lowest BCUT2D eigenvalue weighted by Crippen LogP contribution is -2.27. The summed E-state index contributed by atoms with van der Waals surface area (Å²) in [6.07, 6.45) is 1.22. The minimum absolute atomic E-state index is 0.661. The Hall–Kier alpha value is -0.820. The molecule has 0 spiro atoms. The third-order valence-electron chi connectivity index (χ3n) is 3.12. The molecule has 0 fully saturated rings. The molecule has 1 nitrogen and oxygen atoms in total. The number of benzene rings is 1. The molecule has 0 atom stereocenters. The Bertz CT molecular complexity index is 328. The van der Waals surface area contributed by atoms with Gasteiger partial charge in [0.1, 0.15) is 0 Å². The second-order valence-corrected chi connectivity index (χ2v) is 4.63. The SMILES string of the molecule is CC.CC(C)c1cccc2c1CCN(C)C2. The molecule has 16 heavy (non-hydrogen) atoms. The monoisotopic (exact) mass is 219 g/mol. The van der Waals surface area contributed by atoms with Gasteiger partial charge in [-0.2, -0.15) is 0 Å². The largest absolute Gasteiger partial charge is 0.302 e. The van der Waals surface area contributed by atoms with Gasteiger partial charge in [-0.3, -0.25) is 0 Å². The number of nitrogens with zero attached hydrogens (tertiary/aromatic N) is 1. The lowest BCUT2D eigenvalue weighted by atomic mass is 9.89. The molecule has 0 saturated heterocycles. The van der Waals surface area contributed by atoms with Crippen molar-refractivity contribution in [1.82, 2.24) is 4.90 Å². The van der Waals surface area contributed by atoms with Gasteiger partial charge in [-0.25, -0.2) is 0 Å². The molecule has 2 rings (SSSR count). The van der Waals surface area contributed by atoms with Gasteiger partial charge in [-0.05, 0) is 36.1 Å². The van der Waals surface area contributed by atoms with Crippen LogP contribution in [-0.4, -0.2) is 18.5 Å². The van der Waals surface area contributed by atoms with Crippen LogP contribution in [0.25, 0.3) is 0 Å². The van der Waals surface area contributed by atoms with Gasteiger partial charge in [0.2, 0.25) is 0 Å². The van der Waals surface area contributed by atoms with Crippen LogP contribution in [0.4, 0.5) is 0 Å². The Morgan fingerprint density at radius 1 is 1.19 bits per heavy atom. The van der Waals surface area contributed by atoms with Gasteiger partial charge in [0, 0.05) is 13.1 Å². The summed E-state index contributed by atoms with van der Waals surface area (Å²) in [6, 6.07) is 6.76. The highest BCUT2D eigenvalue weighted by molar-refractivity contribution is 5.38. The summed E-state index contributed by atoms with van der Waals surface area (Å²) in [4.78, 5) is 2.40. The third kappa shape index (κ3) is 2.85. The van der Waals surface area contributed by atoms with E-state index in [1.54, 1.807) is 11.1 Å². The Morgan fingerprint density at radius 3 is 2.50 bits per heavy atom. The van der Waals surface area contributed by atoms with Gasteiger partial charge in [0.25, 0.3) is 0 Å². The predicted octanol–water partition coefficient (Wildman–Crippen LogP) is 3.82. The van der Waals surface area contributed by atoms with Gasteiger partial charge >= 0.3 is 0 Å². The lowest BCUT2D eigenvalue weighted by Gasteiger charge is -2.27. The van der Waals surface area contributed by atoms with E-state index in [9.17, 15) is 0 Å². The summed E-state index contributed by atoms with van der Waals surface area (Å²) in [7, 11) is 2.20. The molecule has 1 aliphatic heterocycles. The Balaban J connectivity index is 0.000000606. The molecule has 0 N–H and O–H groups in total. The van der Waals surface area contributed by atoms with Crippen molar-refractivity contribution in [2.75, 3.05) is 13.6 Å². The van der Waals surface area contributed by atoms with Gasteiger partial charge in [-0.15, -0.1) is 0 Å². The van der Waals surface area contributed by atoms with Gasteiger partial charge < -0.3 is 4.90 Å². The molecule has 0 unspecified atom stereocenters. The minimum Gasteiger partial charge on any atom is -0.302 e. The summed E-state index contributed by atoms with van der Waals surface area (Å²) in [5, 5.41) is 0. The van der Waals surface area contributed by atoms with Crippen LogP contribution in [0.2, 0.25) is 0 Å². The van der Waals surface area contributed by atoms with E-state index in [2.05, 4.69) is 44.0 Å². The first kappa shape index (κ1) is 13.2. The summed E-state index contributed by atoms with van der Waals surface area (Å²) in [6.45, 7) is 10.9. The van der Waals surface area contributed by atoms with Crippen molar-refractivity contribution >= 4 is 0 Å². The fourth-order valence-corrected chi connectivity index (χ4v) is 2.32. The van der Waals surface area contributed by atoms with Crippen LogP contribution in [0.15, 0.2) is 18.2 Å². The van der Waals surface area contributed by atoms with Crippen LogP contribution in [0.1, 0.15) is 50.3 Å². The first-order valence-corrected chi connectivity index (χ1v) is 6.47. The molecule has 90 valence electrons. The molecule has 1 heteroatoms. The maximum atomic E-state index is 2.40. The van der Waals surface area contributed by atoms with Crippen LogP contribution < -0.4 is 0 Å². The quantitative estimate of drug-likeness (QED) is 0.694. The second kappa shape index (κ2) is 6.05. The van der Waals surface area contributed by atoms with E-state index in [0.29, 0.717) is 5.92 Å². The molecule has 0 radical (unpaired) electrons. The normalized spacial score (nSPS) is 15.4. The average Bonchev–Trinajstić information content (AvgIpc) is 2.30. The third-order valence-corrected chi connectivity index (χ3v) is 3.12. The molecule has 0 aromatic heterocycles. The van der Waals surface area contributed by atoms with Crippen LogP contribution in [0.5, 0.6) is 0 Å². The van der Waals surface area contributed by atoms with Gasteiger partial charge in [0.15, 0.2) is 0 Å². The number of hydrogen-bond acceptors (Lipinski definition) is 1. The van der Waals surface area contributed by atoms with Crippen molar-refractivity contribution in [2.45, 2.75) is 46.6 Å². The highest BCUT2D eigenvalue weighted by atomic mass is 15.1. The summed E-state index contributed by atoms with van der Waals surface area (Å²) in [5.41, 5.74) is 4.70. The lowest BCUT2D eigenvalue weighted by molar-refractivity contribution is 0.312. The first-order valence-electron chi connectivity index (χ1n) is 6.47. The molecule has 0 saturated carbocycles. The van der Waals surface area contributed by atoms with E-state index in [1.165, 1.54) is 18.5 Å². The second-order valence-electron chi connectivity index (χ2n) is 4.63. The zero-order valence-electron chi connectivity index (χ0n) is 11.4. The summed E-state index contributed by atoms with van der Waals surface area (Å²) >= 11 is 0. The van der Waals surface area contributed by atoms with Crippen molar-refractivity contribution in [1.29, 1.82) is 0 Å². The van der Waals surface area contributed by atoms with Crippen LogP contribution >= 0.6 is 0 Å². The standard InChI is InChI=1S/C13H19N.C2H6/c1-10(2)12-6-4-5-11-9-14(3)8-7-13(11)12;1-2/h4-6,10H,7-9H2,1-3H3;1-2H3. The molecular formula is C15H25N. The Labute approximate surface area is 100 Å². The van der Waals surface area contributed by atoms with Crippen molar-refractivity contribution in [2.24, 2.45) is 0 Å². The molecular weight excluding hydrogens is 194 g/mol. The zero-order valence-corrected chi connectivity index (χ0v) is 11.4. The smallest absolute Gasteiger partial charge is 0.0233 e. The van der Waals surface area contributed by atoms with Crippen LogP contribution in [0, 0.1) is 0 Å². The number of likely N-dealkylation sites (N-methyl/N-ethyl adjacent to an activating group) is 1. The van der Waals surface area contributed by atoms with E-state index in [4.69, 9.17) is 0 Å². The molecule has 1 aromatic carbocycles. The fraction of sp³-hybridized carbons (Fsp3) is 0.600. The van der Waals surface area contributed by atoms with Crippen molar-refractivity contribution in [3.8, 4) is 0 Å². The maximum absolute atomic E-state index is 2.40. The van der Waals surface area contributed by atoms with Crippen molar-refractivity contribution in [3.63, 3.8) is 0 Å². The number of hydrogen-bond donors (Lipinski definition) is 0. The number of fused-ring (bicyclic) bond motifs is 1. The van der Waals surface area contributed by atoms with Crippen LogP contribution in [0.3, 0.4) is 0 Å². The molecule has 1 heterocycles. The van der Waals surface area contributed by atoms with E-state index in [1.807, 2.05) is 13.8 Å². The van der Waals surface area contributed by atoms with E-state index < -0.39 is 0 Å². The molecule has 0 aliphatic carbocycles. The topological polar surface area (TPSA) is 3.24 Å². The molecule has 1 aromatic rings. The predicted molar refractivity (Wildman–Crippen MR) is 71.9 cm³/mol. The molecule has 1 aliphatic rings. The highest BCUT2D eigenvalue weighted by Gasteiger charge is 2.16. The van der Waals surface area contributed by atoms with Gasteiger partial charge in [0.05, 0.1) is 0 Å². The van der Waals surface area contributed by atoms with Crippen molar-refractivity contribution < 1.29 is 0 Å². The molecule has 0 amide bonds. The fourth-order valence-electron chi connectivity index (χ4n) is 2.32. The van der Waals surface area contributed by atoms with E-state index >= 15 is 0 Å². The van der Waals surface area contributed by atoms with Crippen molar-refractivity contribution in [3.05, 3.63) is 34.9 Å². The first-order chi connectivity index (χ1) is 7.68. The summed E-state index contributed by atoms with van der Waals surface area (Å²) in [5.74, 6) is 0.661. The van der Waals surface area contributed by atoms with Gasteiger partial charge in [-0.1, -0.05) is 45.9 Å². The maximum Gasteiger partial charge on any atom is 0.0233 e. The summed E-state index contributed by atoms with van der Waals surface area (Å²) < 4.78 is 0. The molecule has 0 bridgehead atoms. The van der Waals surface area contributed by atoms with E-state index in [-0.39, 0.29) is 0 Å². The minimum atomic E-state index is 0.661. The zero-order chi connectivity index (χ0) is 12.1. The highest BCUT2D eigenvalue weighted by Crippen LogP contribution is 2.26. The Morgan fingerprint density at radius 2 is 1.88 bits per heavy atom. The average molecular weight is 219 g/mol. The van der Waals surface area contributed by atoms with Crippen LogP contribution in [-0.2, 0) is 13.0 Å². The van der Waals surface area contributed by atoms with E-state index in [0.717, 1.165) is 6.54 Å². The number of rotatable bonds is 1. The Kier molecular flexibility index (Phi) is 5.01.